The highest BCUT2D eigenvalue weighted by atomic mass is 16.6. The summed E-state index contributed by atoms with van der Waals surface area (Å²) in [6, 6.07) is 6.72. The van der Waals surface area contributed by atoms with Gasteiger partial charge in [-0.15, -0.1) is 0 Å². The second-order valence-electron chi connectivity index (χ2n) is 7.36. The predicted octanol–water partition coefficient (Wildman–Crippen LogP) is -0.812. The van der Waals surface area contributed by atoms with Gasteiger partial charge in [0.25, 0.3) is 11.8 Å². The summed E-state index contributed by atoms with van der Waals surface area (Å²) in [5, 5.41) is 63.3. The fraction of sp³-hybridized carbons (Fsp3) is 0.333. The van der Waals surface area contributed by atoms with Crippen LogP contribution in [-0.2, 0) is 4.74 Å². The smallest absolute Gasteiger partial charge is 0.255 e. The maximum Gasteiger partial charge on any atom is 0.255 e. The number of nitrogens with one attached hydrogen (secondary N) is 2. The molecular formula is C21H24N2O9. The second kappa shape index (κ2) is 9.51. The molecule has 1 aliphatic heterocycles. The van der Waals surface area contributed by atoms with E-state index in [1.807, 2.05) is 0 Å². The first-order valence-corrected chi connectivity index (χ1v) is 9.68. The number of phenolic OH excluding ortho intramolecular Hbond substituents is 2. The summed E-state index contributed by atoms with van der Waals surface area (Å²) in [6.07, 6.45) is -5.99. The lowest BCUT2D eigenvalue weighted by atomic mass is 9.96. The number of anilines is 1. The van der Waals surface area contributed by atoms with Gasteiger partial charge < -0.3 is 46.0 Å². The molecule has 2 amide bonds. The third-order valence-electron chi connectivity index (χ3n) is 5.26. The largest absolute Gasteiger partial charge is 0.504 e. The van der Waals surface area contributed by atoms with Crippen molar-refractivity contribution in [2.45, 2.75) is 37.6 Å². The number of hydrogen-bond donors (Lipinski definition) is 8. The number of aliphatic hydroxyl groups is 4. The fourth-order valence-electron chi connectivity index (χ4n) is 3.36. The number of amides is 2. The van der Waals surface area contributed by atoms with Crippen LogP contribution in [0.15, 0.2) is 36.4 Å². The molecular weight excluding hydrogens is 424 g/mol. The van der Waals surface area contributed by atoms with E-state index in [4.69, 9.17) is 9.84 Å². The Hall–Kier alpha value is -3.22. The Kier molecular flexibility index (Phi) is 6.96. The minimum Gasteiger partial charge on any atom is -0.504 e. The Morgan fingerprint density at radius 3 is 2.38 bits per heavy atom. The number of carbonyl (C=O) groups is 2. The van der Waals surface area contributed by atoms with E-state index in [9.17, 15) is 35.1 Å². The lowest BCUT2D eigenvalue weighted by Gasteiger charge is -2.40. The van der Waals surface area contributed by atoms with E-state index in [-0.39, 0.29) is 22.6 Å². The molecule has 0 saturated carbocycles. The van der Waals surface area contributed by atoms with Gasteiger partial charge in [-0.05, 0) is 42.8 Å². The van der Waals surface area contributed by atoms with Gasteiger partial charge in [0.15, 0.2) is 17.8 Å². The molecule has 11 heteroatoms. The summed E-state index contributed by atoms with van der Waals surface area (Å²) in [4.78, 5) is 25.3. The first-order chi connectivity index (χ1) is 15.1. The van der Waals surface area contributed by atoms with Crippen LogP contribution in [-0.4, -0.2) is 79.7 Å². The number of hydrogen-bond acceptors (Lipinski definition) is 9. The number of carbonyl (C=O) groups excluding carboxylic acids is 2. The molecule has 0 aromatic heterocycles. The van der Waals surface area contributed by atoms with E-state index >= 15 is 0 Å². The Labute approximate surface area is 182 Å². The Morgan fingerprint density at radius 1 is 1.00 bits per heavy atom. The number of ether oxygens (including phenoxy) is 1. The summed E-state index contributed by atoms with van der Waals surface area (Å²) >= 11 is 0. The van der Waals surface area contributed by atoms with Crippen molar-refractivity contribution in [3.63, 3.8) is 0 Å². The third kappa shape index (κ3) is 4.66. The van der Waals surface area contributed by atoms with Crippen LogP contribution in [0.4, 0.5) is 5.69 Å². The highest BCUT2D eigenvalue weighted by molar-refractivity contribution is 6.06. The molecule has 0 bridgehead atoms. The van der Waals surface area contributed by atoms with Crippen molar-refractivity contribution in [2.24, 2.45) is 0 Å². The van der Waals surface area contributed by atoms with Gasteiger partial charge in [-0.1, -0.05) is 6.07 Å². The Morgan fingerprint density at radius 2 is 1.72 bits per heavy atom. The predicted molar refractivity (Wildman–Crippen MR) is 110 cm³/mol. The first kappa shape index (κ1) is 23.4. The van der Waals surface area contributed by atoms with Crippen LogP contribution in [0.2, 0.25) is 0 Å². The van der Waals surface area contributed by atoms with E-state index in [0.717, 1.165) is 6.07 Å². The van der Waals surface area contributed by atoms with Gasteiger partial charge in [-0.3, -0.25) is 9.59 Å². The molecule has 1 heterocycles. The fourth-order valence-corrected chi connectivity index (χ4v) is 3.36. The van der Waals surface area contributed by atoms with Crippen LogP contribution >= 0.6 is 0 Å². The van der Waals surface area contributed by atoms with Gasteiger partial charge in [0.2, 0.25) is 0 Å². The SMILES string of the molecule is Cc1c(NC(=O)c2ccc(O)c(O)c2)cccc1C(=O)N[C@@H]1[C@@H](O)[C@H](O)[C@@H](CO)O[C@H]1O. The molecule has 2 aromatic rings. The van der Waals surface area contributed by atoms with Crippen molar-refractivity contribution in [1.29, 1.82) is 0 Å². The minimum absolute atomic E-state index is 0.0765. The van der Waals surface area contributed by atoms with Gasteiger partial charge in [0.05, 0.1) is 6.61 Å². The average Bonchev–Trinajstić information content (AvgIpc) is 2.76. The van der Waals surface area contributed by atoms with E-state index in [1.165, 1.54) is 24.3 Å². The standard InChI is InChI=1S/C21H24N2O9/c1-9-11(20(30)23-16-18(28)17(27)15(8-24)32-21(16)31)3-2-4-12(9)22-19(29)10-5-6-13(25)14(26)7-10/h2-7,15-18,21,24-28,31H,8H2,1H3,(H,22,29)(H,23,30)/t15-,16-,17-,18-,21-/m1/s1. The zero-order chi connectivity index (χ0) is 23.6. The number of benzene rings is 2. The highest BCUT2D eigenvalue weighted by Gasteiger charge is 2.44. The van der Waals surface area contributed by atoms with E-state index in [0.29, 0.717) is 5.56 Å². The molecule has 1 aliphatic rings. The van der Waals surface area contributed by atoms with E-state index < -0.39 is 54.8 Å². The molecule has 0 spiro atoms. The highest BCUT2D eigenvalue weighted by Crippen LogP contribution is 2.26. The van der Waals surface area contributed by atoms with E-state index in [2.05, 4.69) is 10.6 Å². The zero-order valence-corrected chi connectivity index (χ0v) is 17.0. The second-order valence-corrected chi connectivity index (χ2v) is 7.36. The summed E-state index contributed by atoms with van der Waals surface area (Å²) in [5.74, 6) is -2.13. The summed E-state index contributed by atoms with van der Waals surface area (Å²) in [7, 11) is 0. The molecule has 3 rings (SSSR count). The maximum absolute atomic E-state index is 12.8. The average molecular weight is 448 g/mol. The van der Waals surface area contributed by atoms with Crippen molar-refractivity contribution in [1.82, 2.24) is 5.32 Å². The van der Waals surface area contributed by atoms with Crippen LogP contribution in [0.5, 0.6) is 11.5 Å². The van der Waals surface area contributed by atoms with Crippen LogP contribution in [0.25, 0.3) is 0 Å². The summed E-state index contributed by atoms with van der Waals surface area (Å²) in [6.45, 7) is 0.940. The van der Waals surface area contributed by atoms with Crippen LogP contribution in [0.3, 0.4) is 0 Å². The lowest BCUT2D eigenvalue weighted by Crippen LogP contribution is -2.64. The molecule has 8 N–H and O–H groups in total. The van der Waals surface area contributed by atoms with E-state index in [1.54, 1.807) is 13.0 Å². The van der Waals surface area contributed by atoms with Gasteiger partial charge >= 0.3 is 0 Å². The summed E-state index contributed by atoms with van der Waals surface area (Å²) in [5.41, 5.74) is 0.856. The quantitative estimate of drug-likeness (QED) is 0.270. The number of rotatable bonds is 5. The van der Waals surface area contributed by atoms with Crippen molar-refractivity contribution >= 4 is 17.5 Å². The maximum atomic E-state index is 12.8. The molecule has 5 atom stereocenters. The molecule has 0 unspecified atom stereocenters. The van der Waals surface area contributed by atoms with Gasteiger partial charge in [-0.25, -0.2) is 0 Å². The molecule has 1 fully saturated rings. The molecule has 11 nitrogen and oxygen atoms in total. The van der Waals surface area contributed by atoms with Crippen molar-refractivity contribution in [3.05, 3.63) is 53.1 Å². The van der Waals surface area contributed by atoms with Gasteiger partial charge in [0.1, 0.15) is 24.4 Å². The van der Waals surface area contributed by atoms with Crippen LogP contribution in [0, 0.1) is 6.92 Å². The zero-order valence-electron chi connectivity index (χ0n) is 17.0. The van der Waals surface area contributed by atoms with Crippen LogP contribution < -0.4 is 10.6 Å². The number of phenols is 2. The summed E-state index contributed by atoms with van der Waals surface area (Å²) < 4.78 is 5.03. The Bertz CT molecular complexity index is 1010. The Balaban J connectivity index is 1.76. The van der Waals surface area contributed by atoms with Crippen molar-refractivity contribution in [2.75, 3.05) is 11.9 Å². The molecule has 32 heavy (non-hydrogen) atoms. The topological polar surface area (TPSA) is 189 Å². The van der Waals surface area contributed by atoms with Crippen molar-refractivity contribution < 1.29 is 45.0 Å². The lowest BCUT2D eigenvalue weighted by molar-refractivity contribution is -0.252. The number of aromatic hydroxyl groups is 2. The first-order valence-electron chi connectivity index (χ1n) is 9.68. The monoisotopic (exact) mass is 448 g/mol. The third-order valence-corrected chi connectivity index (χ3v) is 5.26. The molecule has 1 saturated heterocycles. The van der Waals surface area contributed by atoms with Crippen molar-refractivity contribution in [3.8, 4) is 11.5 Å². The molecule has 172 valence electrons. The van der Waals surface area contributed by atoms with Crippen LogP contribution in [0.1, 0.15) is 26.3 Å². The number of aliphatic hydroxyl groups excluding tert-OH is 4. The molecule has 0 aliphatic carbocycles. The minimum atomic E-state index is -1.67. The molecule has 2 aromatic carbocycles. The molecule has 0 radical (unpaired) electrons. The van der Waals surface area contributed by atoms with Gasteiger partial charge in [0, 0.05) is 16.8 Å². The normalized spacial score (nSPS) is 25.2. The van der Waals surface area contributed by atoms with Gasteiger partial charge in [-0.2, -0.15) is 0 Å².